The van der Waals surface area contributed by atoms with E-state index in [-0.39, 0.29) is 11.6 Å². The van der Waals surface area contributed by atoms with Crippen LogP contribution in [0.15, 0.2) is 67.3 Å². The molecule has 10 heteroatoms. The monoisotopic (exact) mass is 513 g/mol. The molecule has 1 fully saturated rings. The van der Waals surface area contributed by atoms with Gasteiger partial charge in [-0.1, -0.05) is 11.3 Å². The van der Waals surface area contributed by atoms with Gasteiger partial charge in [0.05, 0.1) is 17.8 Å². The van der Waals surface area contributed by atoms with Crippen LogP contribution in [0.25, 0.3) is 31.8 Å². The first kappa shape index (κ1) is 23.4. The first-order valence-electron chi connectivity index (χ1n) is 12.1. The summed E-state index contributed by atoms with van der Waals surface area (Å²) in [6.45, 7) is 1.51. The molecule has 1 aliphatic heterocycles. The molecule has 0 radical (unpaired) electrons. The summed E-state index contributed by atoms with van der Waals surface area (Å²) in [5.74, 6) is -0.462. The largest absolute Gasteiger partial charge is 0.315 e. The number of nitrogens with zero attached hydrogens (tertiary/aromatic N) is 6. The van der Waals surface area contributed by atoms with Crippen molar-refractivity contribution in [3.63, 3.8) is 0 Å². The maximum atomic E-state index is 15.4. The fraction of sp³-hybridized carbons (Fsp3) is 0.222. The number of piperidine rings is 1. The molecule has 0 spiro atoms. The topological polar surface area (TPSA) is 88.8 Å². The predicted octanol–water partition coefficient (Wildman–Crippen LogP) is 4.69. The predicted molar refractivity (Wildman–Crippen MR) is 142 cm³/mol. The Bertz CT molecular complexity index is 1580. The number of nitrogens with one attached hydrogen (secondary N) is 1. The Balaban J connectivity index is 1.43. The first-order chi connectivity index (χ1) is 18.1. The number of anilines is 1. The molecule has 1 saturated heterocycles. The highest BCUT2D eigenvalue weighted by atomic mass is 32.1. The molecule has 5 aromatic rings. The summed E-state index contributed by atoms with van der Waals surface area (Å²) in [5.41, 5.74) is 2.15. The number of thiophene rings is 1. The van der Waals surface area contributed by atoms with Gasteiger partial charge in [-0.25, -0.2) is 9.37 Å². The Morgan fingerprint density at radius 2 is 2.00 bits per heavy atom. The van der Waals surface area contributed by atoms with E-state index in [1.165, 1.54) is 12.1 Å². The van der Waals surface area contributed by atoms with Gasteiger partial charge in [0, 0.05) is 52.7 Å². The second kappa shape index (κ2) is 9.79. The average molecular weight is 514 g/mol. The van der Waals surface area contributed by atoms with Gasteiger partial charge in [0.15, 0.2) is 0 Å². The lowest BCUT2D eigenvalue weighted by molar-refractivity contribution is 0.0968. The number of aromatic nitrogens is 5. The summed E-state index contributed by atoms with van der Waals surface area (Å²) in [7, 11) is 1.75. The molecule has 4 aromatic heterocycles. The van der Waals surface area contributed by atoms with Crippen LogP contribution in [0.3, 0.4) is 0 Å². The van der Waals surface area contributed by atoms with Crippen molar-refractivity contribution in [1.82, 2.24) is 30.3 Å². The van der Waals surface area contributed by atoms with Crippen LogP contribution in [0.5, 0.6) is 0 Å². The summed E-state index contributed by atoms with van der Waals surface area (Å²) in [6.07, 6.45) is 8.67. The van der Waals surface area contributed by atoms with Gasteiger partial charge >= 0.3 is 0 Å². The lowest BCUT2D eigenvalue weighted by Gasteiger charge is -2.34. The SMILES string of the molecule is Cn1cc(-c2ccc(C(=O)N(c3nccc4sc(-c5ccncc5)cc34)[C@@H]3CCCNC3)c(F)c2)nn1. The number of hydrogen-bond donors (Lipinski definition) is 1. The Morgan fingerprint density at radius 3 is 2.73 bits per heavy atom. The average Bonchev–Trinajstić information content (AvgIpc) is 3.57. The Hall–Kier alpha value is -4.02. The highest BCUT2D eigenvalue weighted by Crippen LogP contribution is 2.38. The quantitative estimate of drug-likeness (QED) is 0.367. The van der Waals surface area contributed by atoms with Gasteiger partial charge in [0.25, 0.3) is 5.91 Å². The standard InChI is InChI=1S/C27H24FN7OS/c1-34-16-23(32-33-34)18-4-5-20(22(28)13-18)27(36)35(19-3-2-9-30-15-19)26-21-14-25(17-6-10-29-11-7-17)37-24(21)8-12-31-26/h4-8,10-14,16,19,30H,2-3,9,15H2,1H3/t19-/m1/s1. The van der Waals surface area contributed by atoms with Crippen LogP contribution < -0.4 is 10.2 Å². The smallest absolute Gasteiger partial charge is 0.262 e. The van der Waals surface area contributed by atoms with Crippen LogP contribution in [-0.4, -0.2) is 50.0 Å². The third-order valence-corrected chi connectivity index (χ3v) is 7.72. The maximum absolute atomic E-state index is 15.4. The molecular formula is C27H24FN7OS. The minimum Gasteiger partial charge on any atom is -0.315 e. The number of benzene rings is 1. The fourth-order valence-electron chi connectivity index (χ4n) is 4.75. The molecule has 37 heavy (non-hydrogen) atoms. The summed E-state index contributed by atoms with van der Waals surface area (Å²) in [4.78, 5) is 25.5. The lowest BCUT2D eigenvalue weighted by Crippen LogP contribution is -2.49. The maximum Gasteiger partial charge on any atom is 0.262 e. The summed E-state index contributed by atoms with van der Waals surface area (Å²) in [5, 5.41) is 12.2. The molecule has 0 saturated carbocycles. The van der Waals surface area contributed by atoms with Crippen LogP contribution in [0.1, 0.15) is 23.2 Å². The third-order valence-electron chi connectivity index (χ3n) is 6.57. The fourth-order valence-corrected chi connectivity index (χ4v) is 5.80. The van der Waals surface area contributed by atoms with E-state index in [2.05, 4.69) is 31.7 Å². The number of carbonyl (C=O) groups excluding carboxylic acids is 1. The van der Waals surface area contributed by atoms with E-state index in [0.717, 1.165) is 39.9 Å². The van der Waals surface area contributed by atoms with E-state index in [9.17, 15) is 4.79 Å². The van der Waals surface area contributed by atoms with E-state index in [0.29, 0.717) is 23.6 Å². The number of hydrogen-bond acceptors (Lipinski definition) is 7. The van der Waals surface area contributed by atoms with Crippen molar-refractivity contribution in [3.05, 3.63) is 78.6 Å². The molecule has 1 N–H and O–H groups in total. The van der Waals surface area contributed by atoms with Gasteiger partial charge in [-0.2, -0.15) is 0 Å². The van der Waals surface area contributed by atoms with Crippen molar-refractivity contribution in [2.24, 2.45) is 7.05 Å². The van der Waals surface area contributed by atoms with E-state index in [4.69, 9.17) is 0 Å². The molecule has 8 nitrogen and oxygen atoms in total. The molecule has 1 amide bonds. The van der Waals surface area contributed by atoms with Crippen molar-refractivity contribution in [1.29, 1.82) is 0 Å². The molecule has 0 unspecified atom stereocenters. The summed E-state index contributed by atoms with van der Waals surface area (Å²) >= 11 is 1.63. The zero-order valence-corrected chi connectivity index (χ0v) is 21.0. The van der Waals surface area contributed by atoms with Crippen molar-refractivity contribution in [3.8, 4) is 21.7 Å². The summed E-state index contributed by atoms with van der Waals surface area (Å²) in [6, 6.07) is 12.4. The molecule has 1 atom stereocenters. The highest BCUT2D eigenvalue weighted by molar-refractivity contribution is 7.22. The molecule has 1 aromatic carbocycles. The van der Waals surface area contributed by atoms with Gasteiger partial charge < -0.3 is 5.32 Å². The van der Waals surface area contributed by atoms with Gasteiger partial charge in [-0.05, 0) is 61.3 Å². The number of amides is 1. The van der Waals surface area contributed by atoms with E-state index >= 15 is 4.39 Å². The zero-order valence-electron chi connectivity index (χ0n) is 20.1. The second-order valence-corrected chi connectivity index (χ2v) is 10.1. The van der Waals surface area contributed by atoms with E-state index in [1.54, 1.807) is 58.8 Å². The van der Waals surface area contributed by atoms with Gasteiger partial charge in [-0.15, -0.1) is 16.4 Å². The van der Waals surface area contributed by atoms with Crippen LogP contribution in [0.4, 0.5) is 10.2 Å². The van der Waals surface area contributed by atoms with Gasteiger partial charge in [0.2, 0.25) is 0 Å². The first-order valence-corrected chi connectivity index (χ1v) is 12.9. The molecule has 1 aliphatic rings. The zero-order chi connectivity index (χ0) is 25.4. The Morgan fingerprint density at radius 1 is 1.14 bits per heavy atom. The van der Waals surface area contributed by atoms with Crippen LogP contribution in [0, 0.1) is 5.82 Å². The third kappa shape index (κ3) is 4.49. The second-order valence-electron chi connectivity index (χ2n) is 9.04. The number of halogens is 1. The molecule has 5 heterocycles. The normalized spacial score (nSPS) is 15.7. The minimum absolute atomic E-state index is 0.00148. The van der Waals surface area contributed by atoms with E-state index < -0.39 is 11.7 Å². The van der Waals surface area contributed by atoms with Crippen LogP contribution in [0.2, 0.25) is 0 Å². The molecular weight excluding hydrogens is 489 g/mol. The molecule has 6 rings (SSSR count). The number of pyridine rings is 2. The molecule has 0 aliphatic carbocycles. The van der Waals surface area contributed by atoms with Gasteiger partial charge in [-0.3, -0.25) is 19.4 Å². The van der Waals surface area contributed by atoms with Crippen LogP contribution in [-0.2, 0) is 7.05 Å². The van der Waals surface area contributed by atoms with Gasteiger partial charge in [0.1, 0.15) is 17.3 Å². The number of aryl methyl sites for hydroxylation is 1. The highest BCUT2D eigenvalue weighted by Gasteiger charge is 2.32. The minimum atomic E-state index is -0.600. The molecule has 186 valence electrons. The summed E-state index contributed by atoms with van der Waals surface area (Å²) < 4.78 is 18.0. The van der Waals surface area contributed by atoms with Crippen molar-refractivity contribution >= 4 is 33.1 Å². The number of fused-ring (bicyclic) bond motifs is 1. The van der Waals surface area contributed by atoms with Crippen LogP contribution >= 0.6 is 11.3 Å². The lowest BCUT2D eigenvalue weighted by atomic mass is 10.0. The Kier molecular flexibility index (Phi) is 6.19. The number of rotatable bonds is 5. The molecule has 0 bridgehead atoms. The van der Waals surface area contributed by atoms with E-state index in [1.807, 2.05) is 18.2 Å². The van der Waals surface area contributed by atoms with Crippen molar-refractivity contribution < 1.29 is 9.18 Å². The van der Waals surface area contributed by atoms with Crippen molar-refractivity contribution in [2.75, 3.05) is 18.0 Å². The Labute approximate surface area is 216 Å². The number of carbonyl (C=O) groups is 1. The van der Waals surface area contributed by atoms with Crippen molar-refractivity contribution in [2.45, 2.75) is 18.9 Å².